The summed E-state index contributed by atoms with van der Waals surface area (Å²) in [5.74, 6) is 2.46. The zero-order valence-corrected chi connectivity index (χ0v) is 15.3. The lowest BCUT2D eigenvalue weighted by Gasteiger charge is -2.27. The highest BCUT2D eigenvalue weighted by Crippen LogP contribution is 2.19. The van der Waals surface area contributed by atoms with Crippen molar-refractivity contribution >= 4 is 5.96 Å². The fourth-order valence-corrected chi connectivity index (χ4v) is 2.87. The second kappa shape index (κ2) is 10.8. The lowest BCUT2D eigenvalue weighted by atomic mass is 9.93. The normalized spacial score (nSPS) is 20.8. The number of nitrogens with zero attached hydrogens (tertiary/aromatic N) is 1. The average molecular weight is 349 g/mol. The molecule has 2 rings (SSSR count). The Hall–Kier alpha value is -1.95. The molecule has 0 saturated heterocycles. The molecule has 1 fully saturated rings. The third kappa shape index (κ3) is 7.22. The minimum atomic E-state index is -0.133. The number of hydrogen-bond donors (Lipinski definition) is 3. The summed E-state index contributed by atoms with van der Waals surface area (Å²) in [7, 11) is 1.65. The van der Waals surface area contributed by atoms with Gasteiger partial charge < -0.3 is 25.2 Å². The number of hydrogen-bond acceptors (Lipinski definition) is 4. The summed E-state index contributed by atoms with van der Waals surface area (Å²) < 4.78 is 10.9. The van der Waals surface area contributed by atoms with Crippen LogP contribution >= 0.6 is 0 Å². The third-order valence-corrected chi connectivity index (χ3v) is 4.26. The molecule has 0 spiro atoms. The molecular formula is C19H31N3O3. The number of aliphatic hydroxyl groups is 1. The van der Waals surface area contributed by atoms with E-state index < -0.39 is 0 Å². The molecule has 3 N–H and O–H groups in total. The third-order valence-electron chi connectivity index (χ3n) is 4.26. The summed E-state index contributed by atoms with van der Waals surface area (Å²) in [5.41, 5.74) is 0. The molecule has 1 aliphatic carbocycles. The SMILES string of the molecule is CCNC(=NCCCOc1cccc(OC)c1)NC1CCC(O)CC1. The summed E-state index contributed by atoms with van der Waals surface area (Å²) >= 11 is 0. The van der Waals surface area contributed by atoms with Crippen LogP contribution < -0.4 is 20.1 Å². The molecule has 1 aliphatic rings. The van der Waals surface area contributed by atoms with Crippen molar-refractivity contribution in [2.24, 2.45) is 4.99 Å². The predicted molar refractivity (Wildman–Crippen MR) is 100 cm³/mol. The number of ether oxygens (including phenoxy) is 2. The fourth-order valence-electron chi connectivity index (χ4n) is 2.87. The van der Waals surface area contributed by atoms with E-state index in [-0.39, 0.29) is 6.10 Å². The van der Waals surface area contributed by atoms with Crippen LogP contribution in [0.2, 0.25) is 0 Å². The molecule has 1 aromatic rings. The largest absolute Gasteiger partial charge is 0.497 e. The molecule has 0 atom stereocenters. The number of guanidine groups is 1. The van der Waals surface area contributed by atoms with Crippen LogP contribution in [-0.4, -0.2) is 50.0 Å². The highest BCUT2D eigenvalue weighted by Gasteiger charge is 2.19. The van der Waals surface area contributed by atoms with Crippen molar-refractivity contribution in [2.45, 2.75) is 51.2 Å². The first-order valence-corrected chi connectivity index (χ1v) is 9.21. The molecule has 140 valence electrons. The van der Waals surface area contributed by atoms with Gasteiger partial charge in [0.2, 0.25) is 0 Å². The molecule has 6 heteroatoms. The van der Waals surface area contributed by atoms with Crippen molar-refractivity contribution in [3.8, 4) is 11.5 Å². The zero-order chi connectivity index (χ0) is 17.9. The van der Waals surface area contributed by atoms with Crippen LogP contribution in [0.15, 0.2) is 29.3 Å². The molecule has 0 radical (unpaired) electrons. The van der Waals surface area contributed by atoms with Crippen LogP contribution in [-0.2, 0) is 0 Å². The van der Waals surface area contributed by atoms with Gasteiger partial charge >= 0.3 is 0 Å². The van der Waals surface area contributed by atoms with E-state index in [9.17, 15) is 5.11 Å². The molecule has 1 saturated carbocycles. The lowest BCUT2D eigenvalue weighted by molar-refractivity contribution is 0.120. The molecular weight excluding hydrogens is 318 g/mol. The first-order valence-electron chi connectivity index (χ1n) is 9.21. The van der Waals surface area contributed by atoms with Crippen molar-refractivity contribution in [3.63, 3.8) is 0 Å². The quantitative estimate of drug-likeness (QED) is 0.381. The van der Waals surface area contributed by atoms with Gasteiger partial charge in [-0.25, -0.2) is 0 Å². The smallest absolute Gasteiger partial charge is 0.191 e. The van der Waals surface area contributed by atoms with Gasteiger partial charge in [0, 0.05) is 31.6 Å². The highest BCUT2D eigenvalue weighted by atomic mass is 16.5. The molecule has 0 bridgehead atoms. The maximum Gasteiger partial charge on any atom is 0.191 e. The number of benzene rings is 1. The van der Waals surface area contributed by atoms with Gasteiger partial charge in [0.1, 0.15) is 11.5 Å². The Morgan fingerprint density at radius 2 is 2.00 bits per heavy atom. The van der Waals surface area contributed by atoms with Gasteiger partial charge in [-0.05, 0) is 44.7 Å². The zero-order valence-electron chi connectivity index (χ0n) is 15.3. The van der Waals surface area contributed by atoms with Crippen molar-refractivity contribution in [1.29, 1.82) is 0 Å². The van der Waals surface area contributed by atoms with Crippen LogP contribution in [0.25, 0.3) is 0 Å². The van der Waals surface area contributed by atoms with Gasteiger partial charge in [0.15, 0.2) is 5.96 Å². The number of nitrogens with one attached hydrogen (secondary N) is 2. The standard InChI is InChI=1S/C19H31N3O3/c1-3-20-19(22-15-8-10-16(23)11-9-15)21-12-5-13-25-18-7-4-6-17(14-18)24-2/h4,6-7,14-16,23H,3,5,8-13H2,1-2H3,(H2,20,21,22). The Balaban J connectivity index is 1.71. The van der Waals surface area contributed by atoms with E-state index in [2.05, 4.69) is 22.5 Å². The highest BCUT2D eigenvalue weighted by molar-refractivity contribution is 5.80. The van der Waals surface area contributed by atoms with Gasteiger partial charge in [-0.2, -0.15) is 0 Å². The topological polar surface area (TPSA) is 75.1 Å². The van der Waals surface area contributed by atoms with E-state index in [1.807, 2.05) is 24.3 Å². The minimum Gasteiger partial charge on any atom is -0.497 e. The van der Waals surface area contributed by atoms with Crippen LogP contribution in [0, 0.1) is 0 Å². The van der Waals surface area contributed by atoms with E-state index in [0.717, 1.165) is 56.1 Å². The minimum absolute atomic E-state index is 0.133. The van der Waals surface area contributed by atoms with Crippen molar-refractivity contribution in [3.05, 3.63) is 24.3 Å². The van der Waals surface area contributed by atoms with E-state index in [1.165, 1.54) is 0 Å². The van der Waals surface area contributed by atoms with Gasteiger partial charge in [-0.1, -0.05) is 6.07 Å². The molecule has 0 aromatic heterocycles. The Kier molecular flexibility index (Phi) is 8.39. The summed E-state index contributed by atoms with van der Waals surface area (Å²) in [6, 6.07) is 8.02. The molecule has 0 heterocycles. The summed E-state index contributed by atoms with van der Waals surface area (Å²) in [4.78, 5) is 4.62. The van der Waals surface area contributed by atoms with Crippen LogP contribution in [0.3, 0.4) is 0 Å². The molecule has 1 aromatic carbocycles. The van der Waals surface area contributed by atoms with Crippen LogP contribution in [0.4, 0.5) is 0 Å². The lowest BCUT2D eigenvalue weighted by Crippen LogP contribution is -2.45. The van der Waals surface area contributed by atoms with Gasteiger partial charge in [-0.15, -0.1) is 0 Å². The van der Waals surface area contributed by atoms with Crippen LogP contribution in [0.5, 0.6) is 11.5 Å². The summed E-state index contributed by atoms with van der Waals surface area (Å²) in [5, 5.41) is 16.4. The second-order valence-electron chi connectivity index (χ2n) is 6.29. The number of rotatable bonds is 8. The van der Waals surface area contributed by atoms with Gasteiger partial charge in [0.05, 0.1) is 19.8 Å². The van der Waals surface area contributed by atoms with Crippen molar-refractivity contribution in [1.82, 2.24) is 10.6 Å². The first kappa shape index (κ1) is 19.4. The van der Waals surface area contributed by atoms with E-state index >= 15 is 0 Å². The summed E-state index contributed by atoms with van der Waals surface area (Å²) in [6.45, 7) is 4.22. The molecule has 0 aliphatic heterocycles. The maximum absolute atomic E-state index is 9.60. The van der Waals surface area contributed by atoms with Crippen molar-refractivity contribution < 1.29 is 14.6 Å². The predicted octanol–water partition coefficient (Wildman–Crippen LogP) is 2.32. The number of aliphatic hydroxyl groups excluding tert-OH is 1. The molecule has 25 heavy (non-hydrogen) atoms. The average Bonchev–Trinajstić information content (AvgIpc) is 2.63. The molecule has 0 unspecified atom stereocenters. The van der Waals surface area contributed by atoms with Gasteiger partial charge in [0.25, 0.3) is 0 Å². The van der Waals surface area contributed by atoms with E-state index in [4.69, 9.17) is 9.47 Å². The Morgan fingerprint density at radius 3 is 2.72 bits per heavy atom. The fraction of sp³-hybridized carbons (Fsp3) is 0.632. The second-order valence-corrected chi connectivity index (χ2v) is 6.29. The monoisotopic (exact) mass is 349 g/mol. The number of methoxy groups -OCH3 is 1. The van der Waals surface area contributed by atoms with Crippen molar-refractivity contribution in [2.75, 3.05) is 26.8 Å². The number of aliphatic imine (C=N–C) groups is 1. The van der Waals surface area contributed by atoms with E-state index in [0.29, 0.717) is 19.2 Å². The Morgan fingerprint density at radius 1 is 1.24 bits per heavy atom. The Bertz CT molecular complexity index is 528. The van der Waals surface area contributed by atoms with Crippen LogP contribution in [0.1, 0.15) is 39.0 Å². The molecule has 0 amide bonds. The maximum atomic E-state index is 9.60. The Labute approximate surface area is 150 Å². The van der Waals surface area contributed by atoms with Gasteiger partial charge in [-0.3, -0.25) is 4.99 Å². The summed E-state index contributed by atoms with van der Waals surface area (Å²) in [6.07, 6.45) is 4.43. The molecule has 6 nitrogen and oxygen atoms in total. The first-order chi connectivity index (χ1) is 12.2. The van der Waals surface area contributed by atoms with E-state index in [1.54, 1.807) is 7.11 Å².